The van der Waals surface area contributed by atoms with Crippen LogP contribution in [0.15, 0.2) is 0 Å². The molecule has 0 N–H and O–H groups in total. The van der Waals surface area contributed by atoms with Gasteiger partial charge in [-0.05, 0) is 18.8 Å². The molecule has 3 heteroatoms. The van der Waals surface area contributed by atoms with Gasteiger partial charge in [0.25, 0.3) is 0 Å². The third kappa shape index (κ3) is 4.62. The van der Waals surface area contributed by atoms with E-state index in [1.54, 1.807) is 20.8 Å². The van der Waals surface area contributed by atoms with Gasteiger partial charge in [-0.2, -0.15) is 13.2 Å². The van der Waals surface area contributed by atoms with Crippen molar-refractivity contribution in [3.8, 4) is 0 Å². The molecule has 0 spiro atoms. The largest absolute Gasteiger partial charge is 0.391 e. The van der Waals surface area contributed by atoms with Crippen molar-refractivity contribution in [2.45, 2.75) is 46.2 Å². The van der Waals surface area contributed by atoms with E-state index in [-0.39, 0.29) is 12.8 Å². The van der Waals surface area contributed by atoms with Gasteiger partial charge in [0, 0.05) is 0 Å². The van der Waals surface area contributed by atoms with E-state index in [0.717, 1.165) is 5.92 Å². The van der Waals surface area contributed by atoms with Crippen molar-refractivity contribution in [1.29, 1.82) is 0 Å². The Bertz CT molecular complexity index is 115. The Morgan fingerprint density at radius 1 is 1.25 bits per heavy atom. The zero-order valence-corrected chi connectivity index (χ0v) is 7.83. The minimum atomic E-state index is -4.02. The first-order valence-electron chi connectivity index (χ1n) is 4.23. The molecule has 0 amide bonds. The zero-order valence-electron chi connectivity index (χ0n) is 7.83. The summed E-state index contributed by atoms with van der Waals surface area (Å²) in [5.41, 5.74) is 0. The lowest BCUT2D eigenvalue weighted by Crippen LogP contribution is -2.23. The summed E-state index contributed by atoms with van der Waals surface area (Å²) in [6.45, 7) is 5.27. The highest BCUT2D eigenvalue weighted by molar-refractivity contribution is 4.83. The first kappa shape index (κ1) is 11.8. The lowest BCUT2D eigenvalue weighted by molar-refractivity contribution is -0.177. The van der Waals surface area contributed by atoms with Gasteiger partial charge in [0.05, 0.1) is 5.92 Å². The Morgan fingerprint density at radius 2 is 1.75 bits per heavy atom. The summed E-state index contributed by atoms with van der Waals surface area (Å²) in [4.78, 5) is 0. The molecule has 12 heavy (non-hydrogen) atoms. The molecule has 0 aliphatic carbocycles. The lowest BCUT2D eigenvalue weighted by atomic mass is 9.93. The van der Waals surface area contributed by atoms with Crippen LogP contribution in [0.5, 0.6) is 0 Å². The summed E-state index contributed by atoms with van der Waals surface area (Å²) in [5.74, 6) is -0.279. The van der Waals surface area contributed by atoms with Gasteiger partial charge in [0.15, 0.2) is 0 Å². The highest BCUT2D eigenvalue weighted by Crippen LogP contribution is 2.34. The molecule has 73 valence electrons. The summed E-state index contributed by atoms with van der Waals surface area (Å²) >= 11 is 0. The van der Waals surface area contributed by atoms with Crippen LogP contribution in [0.1, 0.15) is 40.0 Å². The zero-order chi connectivity index (χ0) is 9.78. The first-order chi connectivity index (χ1) is 5.38. The van der Waals surface area contributed by atoms with E-state index in [1.165, 1.54) is 0 Å². The molecule has 0 aromatic rings. The normalized spacial score (nSPS) is 15.2. The summed E-state index contributed by atoms with van der Waals surface area (Å²) < 4.78 is 36.8. The van der Waals surface area contributed by atoms with Crippen LogP contribution in [0.25, 0.3) is 0 Å². The van der Waals surface area contributed by atoms with Crippen molar-refractivity contribution in [2.75, 3.05) is 0 Å². The molecular weight excluding hydrogens is 165 g/mol. The molecule has 1 atom stereocenters. The minimum Gasteiger partial charge on any atom is -0.171 e. The summed E-state index contributed by atoms with van der Waals surface area (Å²) in [5, 5.41) is 0. The molecule has 0 aliphatic heterocycles. The summed E-state index contributed by atoms with van der Waals surface area (Å²) in [7, 11) is 0. The topological polar surface area (TPSA) is 0 Å². The smallest absolute Gasteiger partial charge is 0.171 e. The predicted octanol–water partition coefficient (Wildman–Crippen LogP) is 3.97. The molecule has 1 radical (unpaired) electrons. The molecule has 1 unspecified atom stereocenters. The Morgan fingerprint density at radius 3 is 2.00 bits per heavy atom. The van der Waals surface area contributed by atoms with Crippen LogP contribution in [-0.2, 0) is 0 Å². The van der Waals surface area contributed by atoms with Gasteiger partial charge in [0.1, 0.15) is 0 Å². The number of rotatable bonds is 4. The Hall–Kier alpha value is -0.210. The Balaban J connectivity index is 4.04. The predicted molar refractivity (Wildman–Crippen MR) is 43.7 cm³/mol. The van der Waals surface area contributed by atoms with Gasteiger partial charge in [0.2, 0.25) is 0 Å². The fraction of sp³-hybridized carbons (Fsp3) is 0.889. The molecule has 0 saturated heterocycles. The third-order valence-electron chi connectivity index (χ3n) is 1.75. The van der Waals surface area contributed by atoms with E-state index >= 15 is 0 Å². The molecule has 0 aliphatic rings. The number of alkyl halides is 3. The van der Waals surface area contributed by atoms with Crippen molar-refractivity contribution in [2.24, 2.45) is 5.92 Å². The molecule has 0 rings (SSSR count). The fourth-order valence-corrected chi connectivity index (χ4v) is 1.22. The van der Waals surface area contributed by atoms with Crippen molar-refractivity contribution in [3.05, 3.63) is 5.92 Å². The van der Waals surface area contributed by atoms with E-state index in [0.29, 0.717) is 6.42 Å². The van der Waals surface area contributed by atoms with Gasteiger partial charge in [-0.3, -0.25) is 0 Å². The van der Waals surface area contributed by atoms with Crippen LogP contribution in [-0.4, -0.2) is 6.18 Å². The van der Waals surface area contributed by atoms with Crippen LogP contribution >= 0.6 is 0 Å². The summed E-state index contributed by atoms with van der Waals surface area (Å²) in [6.07, 6.45) is -3.00. The van der Waals surface area contributed by atoms with Gasteiger partial charge >= 0.3 is 6.18 Å². The number of halogens is 3. The fourth-order valence-electron chi connectivity index (χ4n) is 1.22. The number of hydrogen-bond donors (Lipinski definition) is 0. The SMILES string of the molecule is CCCC(C[C](C)C)C(F)(F)F. The molecule has 0 saturated carbocycles. The maximum atomic E-state index is 12.3. The minimum absolute atomic E-state index is 0.178. The molecule has 0 aromatic heterocycles. The molecule has 0 fully saturated rings. The molecule has 0 bridgehead atoms. The van der Waals surface area contributed by atoms with Crippen LogP contribution < -0.4 is 0 Å². The van der Waals surface area contributed by atoms with Gasteiger partial charge in [-0.1, -0.05) is 27.2 Å². The third-order valence-corrected chi connectivity index (χ3v) is 1.75. The van der Waals surface area contributed by atoms with E-state index in [1.807, 2.05) is 0 Å². The lowest BCUT2D eigenvalue weighted by Gasteiger charge is -2.20. The van der Waals surface area contributed by atoms with Crippen molar-refractivity contribution >= 4 is 0 Å². The van der Waals surface area contributed by atoms with Gasteiger partial charge in [-0.15, -0.1) is 0 Å². The maximum Gasteiger partial charge on any atom is 0.391 e. The van der Waals surface area contributed by atoms with Crippen LogP contribution in [0, 0.1) is 11.8 Å². The van der Waals surface area contributed by atoms with Crippen molar-refractivity contribution in [3.63, 3.8) is 0 Å². The van der Waals surface area contributed by atoms with Gasteiger partial charge < -0.3 is 0 Å². The molecule has 0 aromatic carbocycles. The maximum absolute atomic E-state index is 12.3. The number of hydrogen-bond acceptors (Lipinski definition) is 0. The Kier molecular flexibility index (Phi) is 4.64. The highest BCUT2D eigenvalue weighted by atomic mass is 19.4. The van der Waals surface area contributed by atoms with E-state index in [9.17, 15) is 13.2 Å². The van der Waals surface area contributed by atoms with Crippen molar-refractivity contribution in [1.82, 2.24) is 0 Å². The monoisotopic (exact) mass is 181 g/mol. The quantitative estimate of drug-likeness (QED) is 0.615. The van der Waals surface area contributed by atoms with Crippen LogP contribution in [0.3, 0.4) is 0 Å². The average Bonchev–Trinajstić information content (AvgIpc) is 1.83. The average molecular weight is 181 g/mol. The first-order valence-corrected chi connectivity index (χ1v) is 4.23. The van der Waals surface area contributed by atoms with E-state index in [4.69, 9.17) is 0 Å². The second-order valence-corrected chi connectivity index (χ2v) is 3.44. The highest BCUT2D eigenvalue weighted by Gasteiger charge is 2.38. The van der Waals surface area contributed by atoms with E-state index in [2.05, 4.69) is 0 Å². The van der Waals surface area contributed by atoms with Crippen LogP contribution in [0.2, 0.25) is 0 Å². The van der Waals surface area contributed by atoms with E-state index < -0.39 is 12.1 Å². The van der Waals surface area contributed by atoms with Crippen molar-refractivity contribution < 1.29 is 13.2 Å². The van der Waals surface area contributed by atoms with Crippen LogP contribution in [0.4, 0.5) is 13.2 Å². The second kappa shape index (κ2) is 4.73. The Labute approximate surface area is 72.2 Å². The molecule has 0 nitrogen and oxygen atoms in total. The van der Waals surface area contributed by atoms with Gasteiger partial charge in [-0.25, -0.2) is 0 Å². The standard InChI is InChI=1S/C9H16F3/c1-4-5-8(6-7(2)3)9(10,11)12/h8H,4-6H2,1-3H3. The molecule has 0 heterocycles. The summed E-state index contributed by atoms with van der Waals surface area (Å²) in [6, 6.07) is 0. The second-order valence-electron chi connectivity index (χ2n) is 3.44. The molecular formula is C9H16F3.